The second kappa shape index (κ2) is 8.97. The molecule has 0 radical (unpaired) electrons. The number of nitrogens with one attached hydrogen (secondary N) is 1. The fourth-order valence-electron chi connectivity index (χ4n) is 3.52. The smallest absolute Gasteiger partial charge is 0.304 e. The topological polar surface area (TPSA) is 147 Å². The van der Waals surface area contributed by atoms with Gasteiger partial charge in [0.15, 0.2) is 0 Å². The maximum atomic E-state index is 12.6. The van der Waals surface area contributed by atoms with Gasteiger partial charge in [-0.1, -0.05) is 30.1 Å². The van der Waals surface area contributed by atoms with E-state index in [1.165, 1.54) is 18.2 Å². The first kappa shape index (κ1) is 22.3. The van der Waals surface area contributed by atoms with Crippen LogP contribution in [-0.4, -0.2) is 45.0 Å². The molecule has 4 unspecified atom stereocenters. The first-order chi connectivity index (χ1) is 13.0. The van der Waals surface area contributed by atoms with Crippen molar-refractivity contribution in [1.29, 1.82) is 0 Å². The first-order valence-electron chi connectivity index (χ1n) is 8.23. The predicted octanol–water partition coefficient (Wildman–Crippen LogP) is 2.37. The third kappa shape index (κ3) is 4.86. The molecule has 1 aromatic rings. The van der Waals surface area contributed by atoms with Crippen molar-refractivity contribution in [2.24, 2.45) is 17.8 Å². The molecule has 1 aromatic carbocycles. The van der Waals surface area contributed by atoms with Crippen molar-refractivity contribution in [1.82, 2.24) is 5.23 Å². The molecule has 1 fully saturated rings. The number of benzene rings is 1. The molecule has 1 amide bonds. The van der Waals surface area contributed by atoms with Gasteiger partial charge in [-0.15, -0.1) is 0 Å². The Morgan fingerprint density at radius 2 is 2.00 bits per heavy atom. The lowest BCUT2D eigenvalue weighted by Crippen LogP contribution is -2.49. The van der Waals surface area contributed by atoms with Crippen molar-refractivity contribution in [2.45, 2.75) is 25.8 Å². The van der Waals surface area contributed by atoms with Crippen LogP contribution in [0.4, 0.5) is 5.69 Å². The fraction of sp³-hybridized carbons (Fsp3) is 0.412. The molecule has 0 spiro atoms. The minimum atomic E-state index is -1.94. The van der Waals surface area contributed by atoms with Crippen LogP contribution in [0, 0.1) is 23.0 Å². The van der Waals surface area contributed by atoms with E-state index in [0.29, 0.717) is 0 Å². The Hall–Kier alpha value is -2.04. The zero-order chi connectivity index (χ0) is 21.2. The number of halogens is 2. The van der Waals surface area contributed by atoms with Gasteiger partial charge in [0.2, 0.25) is 5.78 Å². The number of hydroxylamine groups is 2. The molecule has 11 heteroatoms. The summed E-state index contributed by atoms with van der Waals surface area (Å²) in [5.41, 5.74) is 0.0132. The largest absolute Gasteiger partial charge is 0.762 e. The average Bonchev–Trinajstić information content (AvgIpc) is 2.84. The van der Waals surface area contributed by atoms with Gasteiger partial charge in [-0.25, -0.2) is 0 Å². The summed E-state index contributed by atoms with van der Waals surface area (Å²) < 4.78 is 0. The Balaban J connectivity index is 2.30. The zero-order valence-corrected chi connectivity index (χ0v) is 16.1. The monoisotopic (exact) mass is 431 g/mol. The summed E-state index contributed by atoms with van der Waals surface area (Å²) in [6, 6.07) is 2.18. The molecule has 4 atom stereocenters. The number of aliphatic carboxylic acids is 1. The molecule has 152 valence electrons. The number of carboxylic acids is 1. The lowest BCUT2D eigenvalue weighted by atomic mass is 9.80. The van der Waals surface area contributed by atoms with Crippen LogP contribution in [0.5, 0.6) is 0 Å². The number of nitrogens with zero attached hydrogens (tertiary/aromatic N) is 1. The van der Waals surface area contributed by atoms with E-state index in [9.17, 15) is 29.6 Å². The van der Waals surface area contributed by atoms with Gasteiger partial charge in [-0.3, -0.25) is 24.4 Å². The number of carboxylic acid groups (broad SMARTS) is 1. The van der Waals surface area contributed by atoms with Gasteiger partial charge in [0.25, 0.3) is 5.91 Å². The van der Waals surface area contributed by atoms with Crippen molar-refractivity contribution < 1.29 is 29.5 Å². The molecule has 3 N–H and O–H groups in total. The summed E-state index contributed by atoms with van der Waals surface area (Å²) in [6.45, 7) is 1.54. The third-order valence-corrected chi connectivity index (χ3v) is 5.29. The number of Topliss-reactive ketones (excluding diaryl/α,β-unsaturated/α-hetero) is 2. The van der Waals surface area contributed by atoms with E-state index in [1.54, 1.807) is 6.92 Å². The van der Waals surface area contributed by atoms with Crippen molar-refractivity contribution in [3.63, 3.8) is 0 Å². The Morgan fingerprint density at radius 3 is 2.57 bits per heavy atom. The van der Waals surface area contributed by atoms with Gasteiger partial charge < -0.3 is 20.8 Å². The predicted molar refractivity (Wildman–Crippen MR) is 98.9 cm³/mol. The summed E-state index contributed by atoms with van der Waals surface area (Å²) >= 11 is 11.7. The number of hydrogen-bond donors (Lipinski definition) is 3. The van der Waals surface area contributed by atoms with Gasteiger partial charge in [-0.05, 0) is 30.0 Å². The van der Waals surface area contributed by atoms with E-state index < -0.39 is 58.9 Å². The molecule has 1 aliphatic rings. The summed E-state index contributed by atoms with van der Waals surface area (Å²) in [6.07, 6.45) is -0.685. The lowest BCUT2D eigenvalue weighted by molar-refractivity contribution is -0.156. The van der Waals surface area contributed by atoms with Gasteiger partial charge >= 0.3 is 5.97 Å². The van der Waals surface area contributed by atoms with Crippen LogP contribution in [0.3, 0.4) is 0 Å². The van der Waals surface area contributed by atoms with E-state index in [2.05, 4.69) is 5.32 Å². The van der Waals surface area contributed by atoms with Gasteiger partial charge in [0, 0.05) is 17.4 Å². The highest BCUT2D eigenvalue weighted by Gasteiger charge is 2.49. The number of carbonyl (C=O) groups excluding carboxylic acids is 3. The summed E-state index contributed by atoms with van der Waals surface area (Å²) in [5.74, 6) is -7.23. The molecule has 9 nitrogen and oxygen atoms in total. The molecule has 0 bridgehead atoms. The number of ketones is 2. The van der Waals surface area contributed by atoms with E-state index >= 15 is 0 Å². The highest BCUT2D eigenvalue weighted by molar-refractivity contribution is 6.44. The van der Waals surface area contributed by atoms with E-state index in [0.717, 1.165) is 0 Å². The van der Waals surface area contributed by atoms with Gasteiger partial charge in [0.1, 0.15) is 5.78 Å². The van der Waals surface area contributed by atoms with Crippen LogP contribution in [0.15, 0.2) is 18.2 Å². The first-order valence-corrected chi connectivity index (χ1v) is 8.98. The second-order valence-corrected chi connectivity index (χ2v) is 7.46. The molecule has 0 aliphatic heterocycles. The van der Waals surface area contributed by atoms with Crippen LogP contribution in [0.25, 0.3) is 0 Å². The molecule has 1 aliphatic carbocycles. The minimum absolute atomic E-state index is 0.0132. The van der Waals surface area contributed by atoms with Crippen LogP contribution in [-0.2, 0) is 19.2 Å². The van der Waals surface area contributed by atoms with Crippen molar-refractivity contribution in [2.75, 3.05) is 5.32 Å². The maximum absolute atomic E-state index is 12.6. The molecule has 2 rings (SSSR count). The third-order valence-electron chi connectivity index (χ3n) is 4.72. The molecule has 1 saturated carbocycles. The van der Waals surface area contributed by atoms with E-state index in [1.807, 2.05) is 0 Å². The number of hydrogen-bond acceptors (Lipinski definition) is 7. The molecule has 0 aromatic heterocycles. The Labute approximate surface area is 169 Å². The average molecular weight is 432 g/mol. The van der Waals surface area contributed by atoms with Gasteiger partial charge in [0.05, 0.1) is 23.2 Å². The highest BCUT2D eigenvalue weighted by Crippen LogP contribution is 2.40. The fourth-order valence-corrected chi connectivity index (χ4v) is 3.86. The maximum Gasteiger partial charge on any atom is 0.304 e. The minimum Gasteiger partial charge on any atom is -0.762 e. The summed E-state index contributed by atoms with van der Waals surface area (Å²) in [4.78, 5) is 48.1. The number of anilines is 1. The Kier molecular flexibility index (Phi) is 7.13. The number of amides is 1. The quantitative estimate of drug-likeness (QED) is 0.440. The Bertz CT molecular complexity index is 815. The van der Waals surface area contributed by atoms with Crippen LogP contribution >= 0.6 is 23.2 Å². The summed E-state index contributed by atoms with van der Waals surface area (Å²) in [5, 5.41) is 32.0. The molecule has 0 heterocycles. The second-order valence-electron chi connectivity index (χ2n) is 6.62. The molecule has 0 saturated heterocycles. The van der Waals surface area contributed by atoms with Crippen molar-refractivity contribution in [3.8, 4) is 0 Å². The normalized spacial score (nSPS) is 22.9. The number of rotatable bonds is 7. The molecular formula is C17H17Cl2N2O7-. The highest BCUT2D eigenvalue weighted by atomic mass is 35.5. The zero-order valence-electron chi connectivity index (χ0n) is 14.6. The van der Waals surface area contributed by atoms with Crippen LogP contribution in [0.2, 0.25) is 10.0 Å². The van der Waals surface area contributed by atoms with Crippen molar-refractivity contribution in [3.05, 3.63) is 33.5 Å². The van der Waals surface area contributed by atoms with Crippen molar-refractivity contribution >= 4 is 52.3 Å². The van der Waals surface area contributed by atoms with E-state index in [-0.39, 0.29) is 22.2 Å². The number of carbonyl (C=O) groups is 4. The van der Waals surface area contributed by atoms with Crippen LogP contribution < -0.4 is 5.32 Å². The van der Waals surface area contributed by atoms with Gasteiger partial charge in [-0.2, -0.15) is 0 Å². The standard InChI is InChI=1S/C17H17Cl2N2O7/c1-7-4-12(22)9(6-13(23)24)14(7)15(21(27)28)16(25)17(26)20-11-5-8(18)2-3-10(11)19/h2-3,5,7,9,14-15,27H,4,6H2,1H3,(H,20,26)(H,23,24)/q-1. The summed E-state index contributed by atoms with van der Waals surface area (Å²) in [7, 11) is 0. The molecular weight excluding hydrogens is 415 g/mol. The van der Waals surface area contributed by atoms with E-state index in [4.69, 9.17) is 28.3 Å². The molecule has 28 heavy (non-hydrogen) atoms. The lowest BCUT2D eigenvalue weighted by Gasteiger charge is -2.37. The SMILES string of the molecule is CC1CC(=O)C(CC(=O)O)C1C(C(=O)C(=O)Nc1cc(Cl)ccc1Cl)N([O-])O. The van der Waals surface area contributed by atoms with Crippen LogP contribution in [0.1, 0.15) is 19.8 Å². The Morgan fingerprint density at radius 1 is 1.36 bits per heavy atom.